The van der Waals surface area contributed by atoms with Crippen molar-refractivity contribution in [1.29, 1.82) is 0 Å². The van der Waals surface area contributed by atoms with Gasteiger partial charge in [-0.1, -0.05) is 72.0 Å². The highest BCUT2D eigenvalue weighted by Gasteiger charge is 2.53. The molecule has 0 saturated heterocycles. The van der Waals surface area contributed by atoms with E-state index < -0.39 is 40.5 Å². The minimum Gasteiger partial charge on any atom is -0.544 e. The Labute approximate surface area is 200 Å². The lowest BCUT2D eigenvalue weighted by Gasteiger charge is -2.51. The molecule has 33 heavy (non-hydrogen) atoms. The van der Waals surface area contributed by atoms with E-state index in [1.54, 1.807) is 20.8 Å². The maximum Gasteiger partial charge on any atom is 0.362 e. The Balaban J connectivity index is 5.22. The van der Waals surface area contributed by atoms with Gasteiger partial charge in [0.25, 0.3) is 0 Å². The van der Waals surface area contributed by atoms with Gasteiger partial charge in [-0.3, -0.25) is 4.48 Å². The molecule has 0 rings (SSSR count). The van der Waals surface area contributed by atoms with Crippen molar-refractivity contribution in [1.82, 2.24) is 0 Å². The summed E-state index contributed by atoms with van der Waals surface area (Å²) in [7, 11) is 0. The van der Waals surface area contributed by atoms with Crippen LogP contribution in [0.3, 0.4) is 0 Å². The summed E-state index contributed by atoms with van der Waals surface area (Å²) in [4.78, 5) is 36.4. The SMILES string of the molecule is CCCC/C=C/CCCCCCCC[N+](C(CC)C(=O)[O-])(C(CC)C(=O)O)C(CC)C(=O)O. The summed E-state index contributed by atoms with van der Waals surface area (Å²) in [6.45, 7) is 7.42. The molecule has 0 aromatic carbocycles. The first kappa shape index (κ1) is 31.1. The van der Waals surface area contributed by atoms with Crippen molar-refractivity contribution in [3.8, 4) is 0 Å². The van der Waals surface area contributed by atoms with Crippen molar-refractivity contribution in [2.45, 2.75) is 129 Å². The van der Waals surface area contributed by atoms with Gasteiger partial charge in [0.05, 0.1) is 12.5 Å². The number of hydrogen-bond donors (Lipinski definition) is 2. The van der Waals surface area contributed by atoms with E-state index >= 15 is 0 Å². The van der Waals surface area contributed by atoms with Crippen molar-refractivity contribution in [3.05, 3.63) is 12.2 Å². The van der Waals surface area contributed by atoms with Gasteiger partial charge in [0.15, 0.2) is 12.1 Å². The molecule has 0 aromatic rings. The number of allylic oxidation sites excluding steroid dienone is 2. The second-order valence-electron chi connectivity index (χ2n) is 9.01. The molecule has 0 aliphatic carbocycles. The summed E-state index contributed by atoms with van der Waals surface area (Å²) in [5.74, 6) is -3.67. The van der Waals surface area contributed by atoms with Gasteiger partial charge in [-0.25, -0.2) is 9.59 Å². The predicted octanol–water partition coefficient (Wildman–Crippen LogP) is 4.54. The molecule has 0 aliphatic heterocycles. The molecule has 7 nitrogen and oxygen atoms in total. The fourth-order valence-electron chi connectivity index (χ4n) is 5.17. The smallest absolute Gasteiger partial charge is 0.362 e. The maximum atomic E-state index is 12.2. The lowest BCUT2D eigenvalue weighted by atomic mass is 9.93. The largest absolute Gasteiger partial charge is 0.544 e. The van der Waals surface area contributed by atoms with Crippen molar-refractivity contribution < 1.29 is 34.2 Å². The summed E-state index contributed by atoms with van der Waals surface area (Å²) >= 11 is 0. The van der Waals surface area contributed by atoms with E-state index in [1.807, 2.05) is 0 Å². The Morgan fingerprint density at radius 2 is 1.12 bits per heavy atom. The highest BCUT2D eigenvalue weighted by molar-refractivity contribution is 5.77. The summed E-state index contributed by atoms with van der Waals surface area (Å²) in [6, 6.07) is -3.38. The number of quaternary nitrogens is 1. The molecule has 0 heterocycles. The summed E-state index contributed by atoms with van der Waals surface area (Å²) in [6.07, 6.45) is 15.3. The number of aliphatic carboxylic acids is 3. The van der Waals surface area contributed by atoms with Gasteiger partial charge in [-0.15, -0.1) is 0 Å². The number of carbonyl (C=O) groups is 3. The van der Waals surface area contributed by atoms with E-state index in [4.69, 9.17) is 0 Å². The molecule has 0 aliphatic rings. The average molecular weight is 470 g/mol. The Kier molecular flexibility index (Phi) is 16.6. The monoisotopic (exact) mass is 469 g/mol. The van der Waals surface area contributed by atoms with Gasteiger partial charge in [-0.05, 0) is 32.1 Å². The quantitative estimate of drug-likeness (QED) is 0.145. The van der Waals surface area contributed by atoms with Crippen LogP contribution in [0.25, 0.3) is 0 Å². The third-order valence-corrected chi connectivity index (χ3v) is 6.80. The molecule has 0 saturated carbocycles. The van der Waals surface area contributed by atoms with Crippen molar-refractivity contribution in [2.24, 2.45) is 0 Å². The van der Waals surface area contributed by atoms with Crippen molar-refractivity contribution >= 4 is 17.9 Å². The lowest BCUT2D eigenvalue weighted by Crippen LogP contribution is -2.73. The van der Waals surface area contributed by atoms with Gasteiger partial charge < -0.3 is 20.1 Å². The number of unbranched alkanes of at least 4 members (excludes halogenated alkanes) is 8. The maximum absolute atomic E-state index is 12.2. The fourth-order valence-corrected chi connectivity index (χ4v) is 5.17. The van der Waals surface area contributed by atoms with Crippen molar-refractivity contribution in [2.75, 3.05) is 6.54 Å². The topological polar surface area (TPSA) is 115 Å². The third-order valence-electron chi connectivity index (χ3n) is 6.80. The van der Waals surface area contributed by atoms with E-state index in [-0.39, 0.29) is 25.8 Å². The number of hydrogen-bond acceptors (Lipinski definition) is 4. The number of carboxylic acids is 3. The molecule has 2 N–H and O–H groups in total. The van der Waals surface area contributed by atoms with Crippen LogP contribution in [-0.4, -0.2) is 57.3 Å². The summed E-state index contributed by atoms with van der Waals surface area (Å²) < 4.78 is -0.473. The van der Waals surface area contributed by atoms with E-state index in [0.717, 1.165) is 44.9 Å². The Morgan fingerprint density at radius 3 is 1.52 bits per heavy atom. The first-order valence-electron chi connectivity index (χ1n) is 12.9. The Hall–Kier alpha value is -1.89. The molecular formula is C26H47NO6. The first-order valence-corrected chi connectivity index (χ1v) is 12.9. The van der Waals surface area contributed by atoms with E-state index in [9.17, 15) is 29.7 Å². The molecule has 3 unspecified atom stereocenters. The zero-order chi connectivity index (χ0) is 25.3. The highest BCUT2D eigenvalue weighted by Crippen LogP contribution is 2.32. The molecule has 3 atom stereocenters. The van der Waals surface area contributed by atoms with Crippen LogP contribution in [0.4, 0.5) is 0 Å². The number of carbonyl (C=O) groups excluding carboxylic acids is 1. The van der Waals surface area contributed by atoms with Crippen LogP contribution in [0.1, 0.15) is 111 Å². The summed E-state index contributed by atoms with van der Waals surface area (Å²) in [5, 5.41) is 31.9. The molecule has 0 bridgehead atoms. The second-order valence-corrected chi connectivity index (χ2v) is 9.01. The first-order chi connectivity index (χ1) is 15.7. The van der Waals surface area contributed by atoms with E-state index in [1.165, 1.54) is 12.8 Å². The van der Waals surface area contributed by atoms with Gasteiger partial charge in [0, 0.05) is 19.3 Å². The molecular weight excluding hydrogens is 422 g/mol. The van der Waals surface area contributed by atoms with Gasteiger partial charge in [-0.2, -0.15) is 0 Å². The third kappa shape index (κ3) is 9.86. The fraction of sp³-hybridized carbons (Fsp3) is 0.808. The zero-order valence-corrected chi connectivity index (χ0v) is 21.3. The average Bonchev–Trinajstić information content (AvgIpc) is 2.75. The highest BCUT2D eigenvalue weighted by atomic mass is 16.4. The molecule has 7 heteroatoms. The minimum absolute atomic E-state index is 0.127. The van der Waals surface area contributed by atoms with E-state index in [2.05, 4.69) is 19.1 Å². The predicted molar refractivity (Wildman–Crippen MR) is 129 cm³/mol. The number of carboxylic acid groups (broad SMARTS) is 3. The summed E-state index contributed by atoms with van der Waals surface area (Å²) in [5.41, 5.74) is 0. The van der Waals surface area contributed by atoms with Crippen LogP contribution < -0.4 is 5.11 Å². The molecule has 0 aromatic heterocycles. The van der Waals surface area contributed by atoms with Crippen LogP contribution >= 0.6 is 0 Å². The van der Waals surface area contributed by atoms with Crippen molar-refractivity contribution in [3.63, 3.8) is 0 Å². The van der Waals surface area contributed by atoms with Crippen LogP contribution in [0.5, 0.6) is 0 Å². The van der Waals surface area contributed by atoms with E-state index in [0.29, 0.717) is 6.42 Å². The van der Waals surface area contributed by atoms with Gasteiger partial charge >= 0.3 is 11.9 Å². The molecule has 0 radical (unpaired) electrons. The number of nitrogens with zero attached hydrogens (tertiary/aromatic N) is 1. The Bertz CT molecular complexity index is 549. The van der Waals surface area contributed by atoms with Gasteiger partial charge in [0.2, 0.25) is 0 Å². The standard InChI is InChI=1S/C26H47NO6/c1-5-9-10-11-12-13-14-15-16-17-18-19-20-27(21(6-2)24(28)29,22(7-3)25(30)31)23(8-4)26(32)33/h11-12,21-23H,5-10,13-20H2,1-4H3,(H2-,28,29,30,31,32,33)/b12-11+. The lowest BCUT2D eigenvalue weighted by molar-refractivity contribution is -0.974. The van der Waals surface area contributed by atoms with Gasteiger partial charge in [0.1, 0.15) is 6.04 Å². The number of rotatable bonds is 21. The molecule has 0 amide bonds. The minimum atomic E-state index is -1.37. The Morgan fingerprint density at radius 1 is 0.697 bits per heavy atom. The van der Waals surface area contributed by atoms with Crippen LogP contribution in [0.15, 0.2) is 12.2 Å². The molecule has 192 valence electrons. The van der Waals surface area contributed by atoms with Crippen LogP contribution in [0.2, 0.25) is 0 Å². The molecule has 0 spiro atoms. The van der Waals surface area contributed by atoms with Crippen LogP contribution in [0, 0.1) is 0 Å². The molecule has 0 fully saturated rings. The van der Waals surface area contributed by atoms with Crippen LogP contribution in [-0.2, 0) is 14.4 Å². The normalized spacial score (nSPS) is 16.2. The zero-order valence-electron chi connectivity index (χ0n) is 21.3. The second kappa shape index (κ2) is 17.6.